The van der Waals surface area contributed by atoms with Crippen molar-refractivity contribution in [2.45, 2.75) is 24.6 Å². The minimum Gasteiger partial charge on any atom is -0.460 e. The third-order valence-corrected chi connectivity index (χ3v) is 7.01. The van der Waals surface area contributed by atoms with E-state index in [0.29, 0.717) is 22.2 Å². The Bertz CT molecular complexity index is 1740. The minimum atomic E-state index is -1.23. The van der Waals surface area contributed by atoms with Crippen LogP contribution in [0.5, 0.6) is 5.75 Å². The van der Waals surface area contributed by atoms with Gasteiger partial charge in [-0.2, -0.15) is 0 Å². The summed E-state index contributed by atoms with van der Waals surface area (Å²) < 4.78 is 30.0. The molecule has 9 nitrogen and oxygen atoms in total. The number of benzene rings is 4. The molecule has 0 spiro atoms. The summed E-state index contributed by atoms with van der Waals surface area (Å²) in [5.41, 5.74) is 1.59. The highest BCUT2D eigenvalue weighted by atomic mass is 16.7. The van der Waals surface area contributed by atoms with Crippen LogP contribution in [-0.2, 0) is 18.9 Å². The summed E-state index contributed by atoms with van der Waals surface area (Å²) in [5, 5.41) is 0.698. The van der Waals surface area contributed by atoms with Crippen LogP contribution in [-0.4, -0.2) is 54.1 Å². The zero-order valence-corrected chi connectivity index (χ0v) is 23.4. The number of hydrogen-bond donors (Lipinski definition) is 0. The lowest BCUT2D eigenvalue weighted by Gasteiger charge is -2.24. The summed E-state index contributed by atoms with van der Waals surface area (Å²) in [6.07, 6.45) is -3.04. The molecular formula is C35H27NO8. The standard InChI is InChI=1S/C35H27NO8/c37-32(23-12-4-1-5-13-23)40-22-29-30(43-33(38)24-14-6-2-7-15-24)31(44-34(39)25-16-8-3-9-17-25)35(42-29)41-28-20-10-19-27-26(28)18-11-21-36-27/h1-21,29-31,35H,22H2/t29-,30-,31-,35-/m1/s1. The Labute approximate surface area is 252 Å². The molecule has 4 aromatic carbocycles. The number of aromatic nitrogens is 1. The second-order valence-corrected chi connectivity index (χ2v) is 9.92. The number of esters is 3. The van der Waals surface area contributed by atoms with E-state index in [4.69, 9.17) is 23.7 Å². The molecule has 0 aliphatic carbocycles. The fraction of sp³-hybridized carbons (Fsp3) is 0.143. The smallest absolute Gasteiger partial charge is 0.338 e. The topological polar surface area (TPSA) is 110 Å². The number of carbonyl (C=O) groups is 3. The Morgan fingerprint density at radius 1 is 0.614 bits per heavy atom. The molecule has 2 heterocycles. The second kappa shape index (κ2) is 13.2. The molecule has 1 aromatic heterocycles. The summed E-state index contributed by atoms with van der Waals surface area (Å²) in [5.74, 6) is -1.52. The van der Waals surface area contributed by atoms with Gasteiger partial charge < -0.3 is 23.7 Å². The van der Waals surface area contributed by atoms with Gasteiger partial charge in [0.25, 0.3) is 0 Å². The quantitative estimate of drug-likeness (QED) is 0.159. The lowest BCUT2D eigenvalue weighted by atomic mass is 10.1. The fourth-order valence-corrected chi connectivity index (χ4v) is 4.84. The van der Waals surface area contributed by atoms with Crippen molar-refractivity contribution < 1.29 is 38.1 Å². The van der Waals surface area contributed by atoms with Gasteiger partial charge in [0.1, 0.15) is 18.5 Å². The molecule has 44 heavy (non-hydrogen) atoms. The van der Waals surface area contributed by atoms with Crippen LogP contribution in [0.2, 0.25) is 0 Å². The average Bonchev–Trinajstić information content (AvgIpc) is 3.39. The van der Waals surface area contributed by atoms with E-state index in [1.165, 1.54) is 0 Å². The van der Waals surface area contributed by atoms with Gasteiger partial charge in [0.15, 0.2) is 6.10 Å². The molecule has 1 aliphatic rings. The van der Waals surface area contributed by atoms with Gasteiger partial charge in [-0.3, -0.25) is 4.98 Å². The average molecular weight is 590 g/mol. The maximum atomic E-state index is 13.3. The number of nitrogens with zero attached hydrogens (tertiary/aromatic N) is 1. The first-order chi connectivity index (χ1) is 21.6. The molecule has 1 fully saturated rings. The molecule has 220 valence electrons. The van der Waals surface area contributed by atoms with Crippen molar-refractivity contribution in [3.63, 3.8) is 0 Å². The summed E-state index contributed by atoms with van der Waals surface area (Å²) in [6.45, 7) is -0.309. The molecule has 6 rings (SSSR count). The summed E-state index contributed by atoms with van der Waals surface area (Å²) in [7, 11) is 0. The summed E-state index contributed by atoms with van der Waals surface area (Å²) >= 11 is 0. The van der Waals surface area contributed by atoms with Crippen LogP contribution < -0.4 is 4.74 Å². The lowest BCUT2D eigenvalue weighted by molar-refractivity contribution is -0.119. The fourth-order valence-electron chi connectivity index (χ4n) is 4.84. The number of pyridine rings is 1. The molecule has 0 amide bonds. The molecule has 4 atom stereocenters. The van der Waals surface area contributed by atoms with Crippen molar-refractivity contribution in [1.82, 2.24) is 4.98 Å². The number of fused-ring (bicyclic) bond motifs is 1. The maximum Gasteiger partial charge on any atom is 0.338 e. The Kier molecular flexibility index (Phi) is 8.56. The first-order valence-corrected chi connectivity index (χ1v) is 14.0. The van der Waals surface area contributed by atoms with Crippen LogP contribution in [0.15, 0.2) is 128 Å². The number of rotatable bonds is 9. The largest absolute Gasteiger partial charge is 0.460 e. The Balaban J connectivity index is 1.33. The van der Waals surface area contributed by atoms with Gasteiger partial charge >= 0.3 is 17.9 Å². The molecule has 5 aromatic rings. The zero-order chi connectivity index (χ0) is 30.3. The van der Waals surface area contributed by atoms with Crippen molar-refractivity contribution in [2.75, 3.05) is 6.61 Å². The van der Waals surface area contributed by atoms with Crippen molar-refractivity contribution in [1.29, 1.82) is 0 Å². The maximum absolute atomic E-state index is 13.3. The highest BCUT2D eigenvalue weighted by molar-refractivity contribution is 5.91. The van der Waals surface area contributed by atoms with Gasteiger partial charge in [0, 0.05) is 11.6 Å². The zero-order valence-electron chi connectivity index (χ0n) is 23.4. The highest BCUT2D eigenvalue weighted by Crippen LogP contribution is 2.33. The molecule has 0 radical (unpaired) electrons. The van der Waals surface area contributed by atoms with E-state index in [0.717, 1.165) is 0 Å². The van der Waals surface area contributed by atoms with Gasteiger partial charge in [-0.1, -0.05) is 60.7 Å². The van der Waals surface area contributed by atoms with E-state index in [1.807, 2.05) is 12.1 Å². The van der Waals surface area contributed by atoms with Crippen LogP contribution in [0.3, 0.4) is 0 Å². The van der Waals surface area contributed by atoms with Crippen LogP contribution in [0.1, 0.15) is 31.1 Å². The van der Waals surface area contributed by atoms with Gasteiger partial charge in [-0.05, 0) is 60.7 Å². The van der Waals surface area contributed by atoms with Crippen molar-refractivity contribution in [2.24, 2.45) is 0 Å². The molecule has 0 N–H and O–H groups in total. The monoisotopic (exact) mass is 589 g/mol. The van der Waals surface area contributed by atoms with E-state index in [2.05, 4.69) is 4.98 Å². The van der Waals surface area contributed by atoms with E-state index in [1.54, 1.807) is 115 Å². The van der Waals surface area contributed by atoms with E-state index >= 15 is 0 Å². The van der Waals surface area contributed by atoms with Crippen LogP contribution >= 0.6 is 0 Å². The van der Waals surface area contributed by atoms with Crippen LogP contribution in [0.25, 0.3) is 10.9 Å². The van der Waals surface area contributed by atoms with Gasteiger partial charge in [0.2, 0.25) is 12.4 Å². The molecule has 9 heteroatoms. The molecule has 0 saturated carbocycles. The number of carbonyl (C=O) groups excluding carboxylic acids is 3. The SMILES string of the molecule is O=C(OC[C@H]1O[C@@H](Oc2cccc3ncccc23)[C@H](OC(=O)c2ccccc2)[C@@H]1OC(=O)c1ccccc1)c1ccccc1. The molecule has 1 saturated heterocycles. The highest BCUT2D eigenvalue weighted by Gasteiger charge is 2.52. The third kappa shape index (κ3) is 6.43. The van der Waals surface area contributed by atoms with E-state index in [9.17, 15) is 14.4 Å². The van der Waals surface area contributed by atoms with Crippen LogP contribution in [0.4, 0.5) is 0 Å². The lowest BCUT2D eigenvalue weighted by Crippen LogP contribution is -2.43. The first kappa shape index (κ1) is 28.6. The van der Waals surface area contributed by atoms with Crippen molar-refractivity contribution >= 4 is 28.8 Å². The predicted molar refractivity (Wildman–Crippen MR) is 159 cm³/mol. The summed E-state index contributed by atoms with van der Waals surface area (Å²) in [6, 6.07) is 34.2. The van der Waals surface area contributed by atoms with Crippen molar-refractivity contribution in [3.05, 3.63) is 144 Å². The molecular weight excluding hydrogens is 562 g/mol. The van der Waals surface area contributed by atoms with E-state index < -0.39 is 42.5 Å². The van der Waals surface area contributed by atoms with Gasteiger partial charge in [-0.25, -0.2) is 14.4 Å². The first-order valence-electron chi connectivity index (χ1n) is 14.0. The normalized spacial score (nSPS) is 19.2. The predicted octanol–water partition coefficient (Wildman–Crippen LogP) is 5.65. The molecule has 0 unspecified atom stereocenters. The molecule has 0 bridgehead atoms. The summed E-state index contributed by atoms with van der Waals surface area (Å²) in [4.78, 5) is 43.7. The molecule has 1 aliphatic heterocycles. The van der Waals surface area contributed by atoms with Gasteiger partial charge in [0.05, 0.1) is 22.2 Å². The van der Waals surface area contributed by atoms with Gasteiger partial charge in [-0.15, -0.1) is 0 Å². The Hall–Kier alpha value is -5.54. The Morgan fingerprint density at radius 3 is 1.80 bits per heavy atom. The van der Waals surface area contributed by atoms with E-state index in [-0.39, 0.29) is 17.7 Å². The minimum absolute atomic E-state index is 0.283. The Morgan fingerprint density at radius 2 is 1.18 bits per heavy atom. The second-order valence-electron chi connectivity index (χ2n) is 9.92. The van der Waals surface area contributed by atoms with Crippen molar-refractivity contribution in [3.8, 4) is 5.75 Å². The number of hydrogen-bond acceptors (Lipinski definition) is 9. The number of ether oxygens (including phenoxy) is 5. The third-order valence-electron chi connectivity index (χ3n) is 7.01. The van der Waals surface area contributed by atoms with Crippen LogP contribution in [0, 0.1) is 0 Å².